The number of hydrogen-bond donors (Lipinski definition) is 3. The van der Waals surface area contributed by atoms with E-state index in [1.165, 1.54) is 6.07 Å². The molecule has 3 N–H and O–H groups in total. The average Bonchev–Trinajstić information content (AvgIpc) is 2.81. The predicted octanol–water partition coefficient (Wildman–Crippen LogP) is 0.971. The van der Waals surface area contributed by atoms with Crippen LogP contribution in [0.3, 0.4) is 0 Å². The van der Waals surface area contributed by atoms with Gasteiger partial charge in [-0.2, -0.15) is 0 Å². The van der Waals surface area contributed by atoms with Gasteiger partial charge in [0.25, 0.3) is 10.0 Å². The fourth-order valence-corrected chi connectivity index (χ4v) is 3.54. The average molecular weight is 302 g/mol. The first kappa shape index (κ1) is 15.5. The van der Waals surface area contributed by atoms with Crippen LogP contribution in [0.15, 0.2) is 21.6 Å². The summed E-state index contributed by atoms with van der Waals surface area (Å²) in [7, 11) is -3.71. The van der Waals surface area contributed by atoms with Gasteiger partial charge in [0.05, 0.1) is 18.7 Å². The number of furan rings is 1. The van der Waals surface area contributed by atoms with Gasteiger partial charge in [0.1, 0.15) is 5.76 Å². The maximum Gasteiger partial charge on any atom is 0.274 e. The van der Waals surface area contributed by atoms with Crippen LogP contribution in [-0.2, 0) is 16.6 Å². The monoisotopic (exact) mass is 302 g/mol. The van der Waals surface area contributed by atoms with Gasteiger partial charge in [-0.25, -0.2) is 13.1 Å². The van der Waals surface area contributed by atoms with Gasteiger partial charge in [-0.1, -0.05) is 13.8 Å². The van der Waals surface area contributed by atoms with E-state index in [1.54, 1.807) is 6.07 Å². The Balaban J connectivity index is 2.06. The maximum absolute atomic E-state index is 12.2. The summed E-state index contributed by atoms with van der Waals surface area (Å²) < 4.78 is 32.4. The zero-order chi connectivity index (χ0) is 14.8. The van der Waals surface area contributed by atoms with Gasteiger partial charge in [0, 0.05) is 6.04 Å². The predicted molar refractivity (Wildman–Crippen MR) is 74.7 cm³/mol. The molecule has 0 unspecified atom stereocenters. The van der Waals surface area contributed by atoms with E-state index in [2.05, 4.69) is 10.0 Å². The van der Waals surface area contributed by atoms with Crippen LogP contribution in [0, 0.1) is 0 Å². The number of aliphatic hydroxyl groups is 1. The quantitative estimate of drug-likeness (QED) is 0.698. The first-order valence-corrected chi connectivity index (χ1v) is 8.32. The molecule has 0 amide bonds. The number of hydrogen-bond acceptors (Lipinski definition) is 5. The molecule has 7 heteroatoms. The lowest BCUT2D eigenvalue weighted by Crippen LogP contribution is -2.55. The number of aliphatic hydroxyl groups excluding tert-OH is 1. The fraction of sp³-hybridized carbons (Fsp3) is 0.692. The van der Waals surface area contributed by atoms with E-state index < -0.39 is 15.6 Å². The van der Waals surface area contributed by atoms with Crippen molar-refractivity contribution in [2.24, 2.45) is 0 Å². The Labute approximate surface area is 119 Å². The Kier molecular flexibility index (Phi) is 4.53. The highest BCUT2D eigenvalue weighted by atomic mass is 32.2. The van der Waals surface area contributed by atoms with Gasteiger partial charge in [0.15, 0.2) is 0 Å². The van der Waals surface area contributed by atoms with Crippen LogP contribution in [0.25, 0.3) is 0 Å². The third kappa shape index (κ3) is 3.41. The molecule has 1 fully saturated rings. The van der Waals surface area contributed by atoms with Crippen LogP contribution in [0.1, 0.15) is 38.9 Å². The highest BCUT2D eigenvalue weighted by Gasteiger charge is 2.41. The smallest absolute Gasteiger partial charge is 0.274 e. The molecule has 0 bridgehead atoms. The maximum atomic E-state index is 12.2. The van der Waals surface area contributed by atoms with Crippen molar-refractivity contribution in [3.8, 4) is 0 Å². The number of rotatable bonds is 7. The van der Waals surface area contributed by atoms with Crippen molar-refractivity contribution in [2.45, 2.75) is 56.3 Å². The van der Waals surface area contributed by atoms with Crippen molar-refractivity contribution in [3.63, 3.8) is 0 Å². The molecular weight excluding hydrogens is 280 g/mol. The molecule has 2 rings (SSSR count). The molecule has 0 saturated heterocycles. The van der Waals surface area contributed by atoms with Crippen molar-refractivity contribution >= 4 is 10.0 Å². The Bertz CT molecular complexity index is 541. The van der Waals surface area contributed by atoms with Crippen LogP contribution in [0.4, 0.5) is 0 Å². The molecular formula is C13H22N2O4S. The Morgan fingerprint density at radius 2 is 2.10 bits per heavy atom. The second-order valence-corrected chi connectivity index (χ2v) is 7.27. The highest BCUT2D eigenvalue weighted by Crippen LogP contribution is 2.33. The summed E-state index contributed by atoms with van der Waals surface area (Å²) in [4.78, 5) is 0. The van der Waals surface area contributed by atoms with E-state index in [0.717, 1.165) is 6.42 Å². The standard InChI is InChI=1S/C13H22N2O4S/c1-10(2)14-8-11-4-5-12(19-11)20(17,18)15-13(9-16)6-3-7-13/h4-5,10,14-16H,3,6-9H2,1-2H3. The van der Waals surface area contributed by atoms with Gasteiger partial charge in [-0.15, -0.1) is 0 Å². The van der Waals surface area contributed by atoms with Gasteiger partial charge in [0.2, 0.25) is 5.09 Å². The summed E-state index contributed by atoms with van der Waals surface area (Å²) in [5.41, 5.74) is -0.706. The molecule has 1 aliphatic rings. The zero-order valence-corrected chi connectivity index (χ0v) is 12.7. The van der Waals surface area contributed by atoms with E-state index in [-0.39, 0.29) is 11.7 Å². The summed E-state index contributed by atoms with van der Waals surface area (Å²) in [6.45, 7) is 4.31. The Morgan fingerprint density at radius 3 is 2.60 bits per heavy atom. The molecule has 1 heterocycles. The number of sulfonamides is 1. The van der Waals surface area contributed by atoms with E-state index in [1.807, 2.05) is 13.8 Å². The van der Waals surface area contributed by atoms with E-state index in [4.69, 9.17) is 4.42 Å². The first-order valence-electron chi connectivity index (χ1n) is 6.84. The largest absolute Gasteiger partial charge is 0.447 e. The molecule has 0 aliphatic heterocycles. The highest BCUT2D eigenvalue weighted by molar-refractivity contribution is 7.89. The van der Waals surface area contributed by atoms with Crippen molar-refractivity contribution < 1.29 is 17.9 Å². The molecule has 20 heavy (non-hydrogen) atoms. The molecule has 1 aromatic rings. The topological polar surface area (TPSA) is 91.6 Å². The van der Waals surface area contributed by atoms with Crippen LogP contribution >= 0.6 is 0 Å². The summed E-state index contributed by atoms with van der Waals surface area (Å²) in [6.07, 6.45) is 2.24. The first-order chi connectivity index (χ1) is 9.37. The van der Waals surface area contributed by atoms with E-state index >= 15 is 0 Å². The molecule has 0 atom stereocenters. The molecule has 114 valence electrons. The molecule has 1 aliphatic carbocycles. The molecule has 1 saturated carbocycles. The van der Waals surface area contributed by atoms with Gasteiger partial charge < -0.3 is 14.8 Å². The minimum absolute atomic E-state index is 0.0993. The lowest BCUT2D eigenvalue weighted by Gasteiger charge is -2.40. The molecule has 6 nitrogen and oxygen atoms in total. The van der Waals surface area contributed by atoms with Crippen LogP contribution < -0.4 is 10.0 Å². The third-order valence-electron chi connectivity index (χ3n) is 3.55. The lowest BCUT2D eigenvalue weighted by atomic mass is 9.78. The summed E-state index contributed by atoms with van der Waals surface area (Å²) >= 11 is 0. The fourth-order valence-electron chi connectivity index (χ4n) is 2.13. The minimum atomic E-state index is -3.71. The normalized spacial score (nSPS) is 18.2. The van der Waals surface area contributed by atoms with Crippen molar-refractivity contribution in [1.82, 2.24) is 10.0 Å². The second kappa shape index (κ2) is 5.85. The molecule has 0 radical (unpaired) electrons. The van der Waals surface area contributed by atoms with Gasteiger partial charge in [-0.3, -0.25) is 0 Å². The lowest BCUT2D eigenvalue weighted by molar-refractivity contribution is 0.110. The third-order valence-corrected chi connectivity index (χ3v) is 5.00. The Morgan fingerprint density at radius 1 is 1.40 bits per heavy atom. The summed E-state index contributed by atoms with van der Waals surface area (Å²) in [5, 5.41) is 12.4. The zero-order valence-electron chi connectivity index (χ0n) is 11.8. The summed E-state index contributed by atoms with van der Waals surface area (Å²) in [6, 6.07) is 3.39. The number of nitrogens with one attached hydrogen (secondary N) is 2. The van der Waals surface area contributed by atoms with Gasteiger partial charge >= 0.3 is 0 Å². The van der Waals surface area contributed by atoms with Crippen molar-refractivity contribution in [3.05, 3.63) is 17.9 Å². The van der Waals surface area contributed by atoms with E-state index in [9.17, 15) is 13.5 Å². The molecule has 0 spiro atoms. The second-order valence-electron chi connectivity index (χ2n) is 5.65. The van der Waals surface area contributed by atoms with Crippen molar-refractivity contribution in [2.75, 3.05) is 6.61 Å². The van der Waals surface area contributed by atoms with Crippen molar-refractivity contribution in [1.29, 1.82) is 0 Å². The summed E-state index contributed by atoms with van der Waals surface area (Å²) in [5.74, 6) is 0.575. The Hall–Kier alpha value is -0.890. The van der Waals surface area contributed by atoms with E-state index in [0.29, 0.717) is 31.2 Å². The van der Waals surface area contributed by atoms with Crippen LogP contribution in [-0.4, -0.2) is 31.7 Å². The van der Waals surface area contributed by atoms with Crippen LogP contribution in [0.2, 0.25) is 0 Å². The molecule has 1 aromatic heterocycles. The van der Waals surface area contributed by atoms with Crippen LogP contribution in [0.5, 0.6) is 0 Å². The van der Waals surface area contributed by atoms with Gasteiger partial charge in [-0.05, 0) is 31.4 Å². The minimum Gasteiger partial charge on any atom is -0.447 e. The SMILES string of the molecule is CC(C)NCc1ccc(S(=O)(=O)NC2(CO)CCC2)o1. The molecule has 0 aromatic carbocycles.